The molecule has 1 fully saturated rings. The SMILES string of the molecule is O=C1c2ccccc2C(=O)N1/N=[N+](\[O-])N1CCOCC1. The van der Waals surface area contributed by atoms with E-state index in [-0.39, 0.29) is 16.1 Å². The van der Waals surface area contributed by atoms with Crippen LogP contribution >= 0.6 is 0 Å². The van der Waals surface area contributed by atoms with Crippen LogP contribution in [-0.4, -0.2) is 53.1 Å². The molecule has 3 rings (SSSR count). The molecule has 1 aromatic rings. The van der Waals surface area contributed by atoms with E-state index in [9.17, 15) is 14.8 Å². The normalized spacial score (nSPS) is 19.5. The van der Waals surface area contributed by atoms with Crippen molar-refractivity contribution >= 4 is 11.8 Å². The van der Waals surface area contributed by atoms with Gasteiger partial charge in [-0.1, -0.05) is 17.1 Å². The van der Waals surface area contributed by atoms with Crippen molar-refractivity contribution in [1.29, 1.82) is 0 Å². The molecule has 1 saturated heterocycles. The Kier molecular flexibility index (Phi) is 3.07. The van der Waals surface area contributed by atoms with Gasteiger partial charge in [0.1, 0.15) is 5.22 Å². The van der Waals surface area contributed by atoms with Crippen molar-refractivity contribution in [2.75, 3.05) is 26.3 Å². The number of benzene rings is 1. The Morgan fingerprint density at radius 2 is 1.65 bits per heavy atom. The average molecular weight is 276 g/mol. The molecule has 0 unspecified atom stereocenters. The topological polar surface area (TPSA) is 88.3 Å². The smallest absolute Gasteiger partial charge is 0.370 e. The van der Waals surface area contributed by atoms with Crippen LogP contribution < -0.4 is 0 Å². The number of carbonyl (C=O) groups excluding carboxylic acids is 2. The number of imide groups is 1. The summed E-state index contributed by atoms with van der Waals surface area (Å²) in [5.41, 5.74) is 0.522. The van der Waals surface area contributed by atoms with E-state index in [4.69, 9.17) is 4.74 Å². The fourth-order valence-corrected chi connectivity index (χ4v) is 2.12. The molecular weight excluding hydrogens is 264 g/mol. The van der Waals surface area contributed by atoms with E-state index in [0.717, 1.165) is 0 Å². The second-order valence-corrected chi connectivity index (χ2v) is 4.38. The van der Waals surface area contributed by atoms with E-state index in [0.29, 0.717) is 31.3 Å². The van der Waals surface area contributed by atoms with Gasteiger partial charge in [0.05, 0.1) is 37.4 Å². The maximum atomic E-state index is 12.0. The molecule has 0 aliphatic carbocycles. The zero-order valence-corrected chi connectivity index (χ0v) is 10.6. The third-order valence-corrected chi connectivity index (χ3v) is 3.17. The van der Waals surface area contributed by atoms with Crippen molar-refractivity contribution in [3.63, 3.8) is 0 Å². The maximum Gasteiger partial charge on any atom is 0.370 e. The van der Waals surface area contributed by atoms with Crippen LogP contribution in [0.5, 0.6) is 0 Å². The van der Waals surface area contributed by atoms with Crippen LogP contribution in [0.1, 0.15) is 20.7 Å². The molecule has 1 aromatic carbocycles. The number of hydrogen-bond acceptors (Lipinski definition) is 5. The van der Waals surface area contributed by atoms with Crippen LogP contribution in [0.4, 0.5) is 0 Å². The van der Waals surface area contributed by atoms with Crippen LogP contribution in [0.3, 0.4) is 0 Å². The predicted octanol–water partition coefficient (Wildman–Crippen LogP) is 0.407. The number of morpholine rings is 1. The number of nitrogens with zero attached hydrogens (tertiary/aromatic N) is 4. The van der Waals surface area contributed by atoms with Gasteiger partial charge in [-0.05, 0) is 17.1 Å². The Morgan fingerprint density at radius 1 is 1.10 bits per heavy atom. The van der Waals surface area contributed by atoms with Gasteiger partial charge in [-0.2, -0.15) is 0 Å². The molecule has 0 aromatic heterocycles. The molecule has 0 N–H and O–H groups in total. The Hall–Kier alpha value is -2.48. The van der Waals surface area contributed by atoms with Crippen molar-refractivity contribution < 1.29 is 19.3 Å². The van der Waals surface area contributed by atoms with E-state index in [1.165, 1.54) is 17.1 Å². The van der Waals surface area contributed by atoms with Gasteiger partial charge >= 0.3 is 11.8 Å². The highest BCUT2D eigenvalue weighted by atomic mass is 16.6. The molecule has 20 heavy (non-hydrogen) atoms. The molecule has 2 heterocycles. The summed E-state index contributed by atoms with van der Waals surface area (Å²) in [5, 5.41) is 17.4. The number of hydrogen-bond donors (Lipinski definition) is 0. The van der Waals surface area contributed by atoms with Gasteiger partial charge in [0, 0.05) is 0 Å². The highest BCUT2D eigenvalue weighted by Crippen LogP contribution is 2.22. The summed E-state index contributed by atoms with van der Waals surface area (Å²) in [7, 11) is 0. The molecule has 8 nitrogen and oxygen atoms in total. The van der Waals surface area contributed by atoms with Gasteiger partial charge in [-0.15, -0.1) is 0 Å². The highest BCUT2D eigenvalue weighted by Gasteiger charge is 2.43. The first kappa shape index (κ1) is 12.5. The Bertz CT molecular complexity index is 560. The monoisotopic (exact) mass is 276 g/mol. The lowest BCUT2D eigenvalue weighted by Gasteiger charge is -2.27. The van der Waals surface area contributed by atoms with E-state index in [1.807, 2.05) is 0 Å². The second kappa shape index (κ2) is 4.89. The van der Waals surface area contributed by atoms with E-state index >= 15 is 0 Å². The number of rotatable bonds is 2. The number of amides is 2. The molecule has 2 amide bonds. The first-order chi connectivity index (χ1) is 9.68. The summed E-state index contributed by atoms with van der Waals surface area (Å²) in [4.78, 5) is 24.3. The molecule has 0 atom stereocenters. The van der Waals surface area contributed by atoms with E-state index in [2.05, 4.69) is 5.22 Å². The second-order valence-electron chi connectivity index (χ2n) is 4.38. The zero-order valence-electron chi connectivity index (χ0n) is 10.6. The minimum absolute atomic E-state index is 0.261. The molecule has 0 bridgehead atoms. The third kappa shape index (κ3) is 1.99. The maximum absolute atomic E-state index is 12.0. The van der Waals surface area contributed by atoms with Crippen LogP contribution in [-0.2, 0) is 4.74 Å². The first-order valence-electron chi connectivity index (χ1n) is 6.18. The standard InChI is InChI=1S/C12H12N4O4/c17-11-9-3-1-2-4-10(9)12(18)15(11)13-16(19)14-5-7-20-8-6-14/h1-4H,5-8H2/b16-13-. The van der Waals surface area contributed by atoms with Crippen LogP contribution in [0, 0.1) is 5.21 Å². The van der Waals surface area contributed by atoms with Gasteiger partial charge in [-0.25, -0.2) is 14.6 Å². The summed E-state index contributed by atoms with van der Waals surface area (Å²) in [6.45, 7) is 1.57. The van der Waals surface area contributed by atoms with Gasteiger partial charge < -0.3 is 9.94 Å². The number of hydrazine groups is 1. The summed E-state index contributed by atoms with van der Waals surface area (Å²) in [5.74, 6) is -1.17. The fraction of sp³-hybridized carbons (Fsp3) is 0.333. The van der Waals surface area contributed by atoms with Gasteiger partial charge in [0.2, 0.25) is 0 Å². The van der Waals surface area contributed by atoms with E-state index < -0.39 is 11.8 Å². The van der Waals surface area contributed by atoms with Crippen molar-refractivity contribution in [1.82, 2.24) is 10.0 Å². The molecule has 2 aliphatic heterocycles. The number of fused-ring (bicyclic) bond motifs is 1. The van der Waals surface area contributed by atoms with Crippen LogP contribution in [0.2, 0.25) is 0 Å². The summed E-state index contributed by atoms with van der Waals surface area (Å²) >= 11 is 0. The summed E-state index contributed by atoms with van der Waals surface area (Å²) in [6, 6.07) is 6.39. The van der Waals surface area contributed by atoms with Crippen LogP contribution in [0.15, 0.2) is 29.5 Å². The lowest BCUT2D eigenvalue weighted by molar-refractivity contribution is -0.703. The summed E-state index contributed by atoms with van der Waals surface area (Å²) in [6.07, 6.45) is 0. The van der Waals surface area contributed by atoms with Crippen molar-refractivity contribution in [3.05, 3.63) is 40.6 Å². The van der Waals surface area contributed by atoms with Gasteiger partial charge in [-0.3, -0.25) is 0 Å². The highest BCUT2D eigenvalue weighted by molar-refractivity contribution is 6.20. The number of carbonyl (C=O) groups is 2. The Morgan fingerprint density at radius 3 is 2.20 bits per heavy atom. The van der Waals surface area contributed by atoms with Crippen molar-refractivity contribution in [2.24, 2.45) is 5.22 Å². The number of ether oxygens (including phenoxy) is 1. The zero-order chi connectivity index (χ0) is 14.1. The lowest BCUT2D eigenvalue weighted by atomic mass is 10.1. The minimum atomic E-state index is -0.584. The third-order valence-electron chi connectivity index (χ3n) is 3.17. The van der Waals surface area contributed by atoms with Crippen LogP contribution in [0.25, 0.3) is 0 Å². The molecule has 0 spiro atoms. The van der Waals surface area contributed by atoms with Crippen molar-refractivity contribution in [3.8, 4) is 0 Å². The van der Waals surface area contributed by atoms with Gasteiger partial charge in [0.15, 0.2) is 0 Å². The summed E-state index contributed by atoms with van der Waals surface area (Å²) < 4.78 is 5.12. The van der Waals surface area contributed by atoms with Gasteiger partial charge in [0.25, 0.3) is 0 Å². The molecule has 0 saturated carbocycles. The predicted molar refractivity (Wildman–Crippen MR) is 65.4 cm³/mol. The Balaban J connectivity index is 1.85. The largest absolute Gasteiger partial charge is 0.673 e. The lowest BCUT2D eigenvalue weighted by Crippen LogP contribution is -2.42. The fourth-order valence-electron chi connectivity index (χ4n) is 2.12. The molecule has 104 valence electrons. The van der Waals surface area contributed by atoms with Crippen molar-refractivity contribution in [2.45, 2.75) is 0 Å². The Labute approximate surface area is 114 Å². The molecule has 2 aliphatic rings. The van der Waals surface area contributed by atoms with E-state index in [1.54, 1.807) is 12.1 Å². The minimum Gasteiger partial charge on any atom is -0.673 e. The quantitative estimate of drug-likeness (QED) is 0.338. The molecule has 0 radical (unpaired) electrons. The molecular formula is C12H12N4O4. The average Bonchev–Trinajstić information content (AvgIpc) is 2.74. The molecule has 8 heteroatoms. The first-order valence-corrected chi connectivity index (χ1v) is 6.18.